The van der Waals surface area contributed by atoms with E-state index in [9.17, 15) is 4.79 Å². The summed E-state index contributed by atoms with van der Waals surface area (Å²) in [4.78, 5) is 20.3. The molecule has 0 aliphatic heterocycles. The van der Waals surface area contributed by atoms with Gasteiger partial charge in [-0.25, -0.2) is 4.79 Å². The van der Waals surface area contributed by atoms with Gasteiger partial charge in [0, 0.05) is 23.0 Å². The third-order valence-corrected chi connectivity index (χ3v) is 3.30. The number of esters is 1. The molecular weight excluding hydrogens is 308 g/mol. The normalized spacial score (nSPS) is 10.2. The maximum atomic E-state index is 11.9. The number of methoxy groups -OCH3 is 3. The second kappa shape index (κ2) is 6.62. The van der Waals surface area contributed by atoms with E-state index in [1.54, 1.807) is 12.1 Å². The average molecular weight is 323 g/mol. The lowest BCUT2D eigenvalue weighted by Crippen LogP contribution is -2.06. The van der Waals surface area contributed by atoms with Gasteiger partial charge in [0.1, 0.15) is 5.02 Å². The van der Waals surface area contributed by atoms with Crippen LogP contribution in [0.2, 0.25) is 5.02 Å². The number of hydrogen-bond donors (Lipinski definition) is 0. The van der Waals surface area contributed by atoms with Crippen molar-refractivity contribution < 1.29 is 19.0 Å². The standard InChI is InChI=1S/C15H15ClN2O4/c1-8-5-9(11(7-17-8)15(19)22-4)10-6-12(16)14(21-3)18-13(10)20-2/h5-7H,1-4H3. The molecule has 2 heterocycles. The van der Waals surface area contributed by atoms with Crippen molar-refractivity contribution in [2.75, 3.05) is 21.3 Å². The number of hydrogen-bond acceptors (Lipinski definition) is 6. The molecule has 116 valence electrons. The monoisotopic (exact) mass is 322 g/mol. The fraction of sp³-hybridized carbons (Fsp3) is 0.267. The fourth-order valence-electron chi connectivity index (χ4n) is 2.00. The van der Waals surface area contributed by atoms with Gasteiger partial charge in [-0.15, -0.1) is 0 Å². The van der Waals surface area contributed by atoms with E-state index in [1.165, 1.54) is 27.5 Å². The Balaban J connectivity index is 2.73. The van der Waals surface area contributed by atoms with Crippen molar-refractivity contribution in [1.82, 2.24) is 9.97 Å². The van der Waals surface area contributed by atoms with E-state index in [4.69, 9.17) is 25.8 Å². The van der Waals surface area contributed by atoms with Crippen LogP contribution in [0.1, 0.15) is 16.1 Å². The molecule has 0 saturated heterocycles. The lowest BCUT2D eigenvalue weighted by Gasteiger charge is -2.13. The SMILES string of the molecule is COC(=O)c1cnc(C)cc1-c1cc(Cl)c(OC)nc1OC. The predicted molar refractivity (Wildman–Crippen MR) is 81.7 cm³/mol. The summed E-state index contributed by atoms with van der Waals surface area (Å²) < 4.78 is 15.1. The first kappa shape index (κ1) is 16.0. The Bertz CT molecular complexity index is 719. The van der Waals surface area contributed by atoms with Crippen LogP contribution >= 0.6 is 11.6 Å². The van der Waals surface area contributed by atoms with Crippen molar-refractivity contribution in [2.24, 2.45) is 0 Å². The van der Waals surface area contributed by atoms with E-state index in [0.717, 1.165) is 5.69 Å². The van der Waals surface area contributed by atoms with Crippen LogP contribution in [0.5, 0.6) is 11.8 Å². The van der Waals surface area contributed by atoms with Gasteiger partial charge >= 0.3 is 5.97 Å². The van der Waals surface area contributed by atoms with Crippen molar-refractivity contribution in [2.45, 2.75) is 6.92 Å². The molecule has 0 saturated carbocycles. The predicted octanol–water partition coefficient (Wildman–Crippen LogP) is 2.91. The van der Waals surface area contributed by atoms with Crippen molar-refractivity contribution in [3.05, 3.63) is 34.6 Å². The number of carbonyl (C=O) groups is 1. The number of nitrogens with zero attached hydrogens (tertiary/aromatic N) is 2. The largest absolute Gasteiger partial charge is 0.480 e. The second-order valence-corrected chi connectivity index (χ2v) is 4.81. The van der Waals surface area contributed by atoms with Gasteiger partial charge in [-0.2, -0.15) is 4.98 Å². The maximum absolute atomic E-state index is 11.9. The molecule has 0 aliphatic carbocycles. The zero-order valence-corrected chi connectivity index (χ0v) is 13.4. The third-order valence-electron chi connectivity index (χ3n) is 3.03. The summed E-state index contributed by atoms with van der Waals surface area (Å²) in [6.45, 7) is 1.82. The van der Waals surface area contributed by atoms with Crippen LogP contribution in [-0.4, -0.2) is 37.3 Å². The molecule has 22 heavy (non-hydrogen) atoms. The zero-order valence-electron chi connectivity index (χ0n) is 12.6. The second-order valence-electron chi connectivity index (χ2n) is 4.40. The third kappa shape index (κ3) is 2.96. The van der Waals surface area contributed by atoms with Crippen LogP contribution in [0.4, 0.5) is 0 Å². The topological polar surface area (TPSA) is 70.5 Å². The van der Waals surface area contributed by atoms with Crippen LogP contribution in [0, 0.1) is 6.92 Å². The zero-order chi connectivity index (χ0) is 16.3. The number of halogens is 1. The van der Waals surface area contributed by atoms with Gasteiger partial charge < -0.3 is 14.2 Å². The number of aryl methyl sites for hydroxylation is 1. The van der Waals surface area contributed by atoms with E-state index in [1.807, 2.05) is 6.92 Å². The molecule has 0 N–H and O–H groups in total. The smallest absolute Gasteiger partial charge is 0.340 e. The van der Waals surface area contributed by atoms with Gasteiger partial charge in [0.05, 0.1) is 26.9 Å². The number of rotatable bonds is 4. The van der Waals surface area contributed by atoms with Crippen molar-refractivity contribution in [3.8, 4) is 22.9 Å². The Labute approximate surface area is 133 Å². The number of carbonyl (C=O) groups excluding carboxylic acids is 1. The lowest BCUT2D eigenvalue weighted by atomic mass is 10.0. The number of aromatic nitrogens is 2. The summed E-state index contributed by atoms with van der Waals surface area (Å²) in [5, 5.41) is 0.309. The Kier molecular flexibility index (Phi) is 4.82. The number of pyridine rings is 2. The minimum absolute atomic E-state index is 0.243. The van der Waals surface area contributed by atoms with Gasteiger partial charge in [0.25, 0.3) is 0 Å². The van der Waals surface area contributed by atoms with Gasteiger partial charge in [-0.05, 0) is 19.1 Å². The van der Waals surface area contributed by atoms with Crippen molar-refractivity contribution >= 4 is 17.6 Å². The first-order valence-corrected chi connectivity index (χ1v) is 6.73. The summed E-state index contributed by atoms with van der Waals surface area (Å²) in [6, 6.07) is 3.38. The highest BCUT2D eigenvalue weighted by Crippen LogP contribution is 2.37. The van der Waals surface area contributed by atoms with E-state index in [2.05, 4.69) is 9.97 Å². The lowest BCUT2D eigenvalue weighted by molar-refractivity contribution is 0.0601. The highest BCUT2D eigenvalue weighted by molar-refractivity contribution is 6.32. The minimum atomic E-state index is -0.503. The summed E-state index contributed by atoms with van der Waals surface area (Å²) in [7, 11) is 4.25. The summed E-state index contributed by atoms with van der Waals surface area (Å²) >= 11 is 6.14. The molecule has 0 unspecified atom stereocenters. The van der Waals surface area contributed by atoms with Crippen LogP contribution < -0.4 is 9.47 Å². The van der Waals surface area contributed by atoms with Crippen LogP contribution in [0.25, 0.3) is 11.1 Å². The first-order chi connectivity index (χ1) is 10.5. The van der Waals surface area contributed by atoms with Crippen molar-refractivity contribution in [3.63, 3.8) is 0 Å². The van der Waals surface area contributed by atoms with Gasteiger partial charge in [-0.1, -0.05) is 11.6 Å². The fourth-order valence-corrected chi connectivity index (χ4v) is 2.23. The molecule has 6 nitrogen and oxygen atoms in total. The Morgan fingerprint density at radius 2 is 1.77 bits per heavy atom. The van der Waals surface area contributed by atoms with Crippen LogP contribution in [0.3, 0.4) is 0 Å². The minimum Gasteiger partial charge on any atom is -0.480 e. The molecule has 0 atom stereocenters. The van der Waals surface area contributed by atoms with Crippen LogP contribution in [-0.2, 0) is 4.74 Å². The van der Waals surface area contributed by atoms with E-state index in [-0.39, 0.29) is 11.8 Å². The molecule has 0 spiro atoms. The highest BCUT2D eigenvalue weighted by atomic mass is 35.5. The molecule has 0 fully saturated rings. The molecular formula is C15H15ClN2O4. The molecule has 0 bridgehead atoms. The quantitative estimate of drug-likeness (QED) is 0.806. The van der Waals surface area contributed by atoms with E-state index in [0.29, 0.717) is 21.7 Å². The molecule has 7 heteroatoms. The van der Waals surface area contributed by atoms with Gasteiger partial charge in [-0.3, -0.25) is 4.98 Å². The van der Waals surface area contributed by atoms with Crippen LogP contribution in [0.15, 0.2) is 18.3 Å². The molecule has 0 radical (unpaired) electrons. The van der Waals surface area contributed by atoms with Gasteiger partial charge in [0.15, 0.2) is 0 Å². The molecule has 0 aromatic carbocycles. The van der Waals surface area contributed by atoms with E-state index < -0.39 is 5.97 Å². The summed E-state index contributed by atoms with van der Waals surface area (Å²) in [5.74, 6) is 0.0289. The van der Waals surface area contributed by atoms with Crippen molar-refractivity contribution in [1.29, 1.82) is 0 Å². The van der Waals surface area contributed by atoms with E-state index >= 15 is 0 Å². The average Bonchev–Trinajstić information content (AvgIpc) is 2.53. The summed E-state index contributed by atoms with van der Waals surface area (Å²) in [6.07, 6.45) is 1.45. The first-order valence-electron chi connectivity index (χ1n) is 6.35. The highest BCUT2D eigenvalue weighted by Gasteiger charge is 2.20. The molecule has 0 aliphatic rings. The number of ether oxygens (including phenoxy) is 3. The Hall–Kier alpha value is -2.34. The molecule has 2 aromatic heterocycles. The Morgan fingerprint density at radius 1 is 1.09 bits per heavy atom. The van der Waals surface area contributed by atoms with Gasteiger partial charge in [0.2, 0.25) is 11.8 Å². The molecule has 2 aromatic rings. The maximum Gasteiger partial charge on any atom is 0.340 e. The molecule has 2 rings (SSSR count). The Morgan fingerprint density at radius 3 is 2.36 bits per heavy atom. The molecule has 0 amide bonds. The summed E-state index contributed by atoms with van der Waals surface area (Å²) in [5.41, 5.74) is 2.17.